The lowest BCUT2D eigenvalue weighted by Crippen LogP contribution is -2.70. The first-order valence-electron chi connectivity index (χ1n) is 15.3. The van der Waals surface area contributed by atoms with Gasteiger partial charge in [-0.25, -0.2) is 0 Å². The summed E-state index contributed by atoms with van der Waals surface area (Å²) in [5, 5.41) is 0. The van der Waals surface area contributed by atoms with Crippen molar-refractivity contribution in [1.29, 1.82) is 0 Å². The van der Waals surface area contributed by atoms with Gasteiger partial charge < -0.3 is 14.2 Å². The first kappa shape index (κ1) is 53.0. The fourth-order valence-corrected chi connectivity index (χ4v) is 4.45. The highest BCUT2D eigenvalue weighted by Gasteiger charge is 2.92. The molecule has 0 aromatic heterocycles. The number of alkyl halides is 26. The van der Waals surface area contributed by atoms with Gasteiger partial charge in [-0.05, 0) is 50.3 Å². The largest absolute Gasteiger partial charge is 0.493 e. The number of benzene rings is 1. The molecule has 1 rings (SSSR count). The van der Waals surface area contributed by atoms with E-state index in [1.165, 1.54) is 0 Å². The van der Waals surface area contributed by atoms with Gasteiger partial charge in [-0.15, -0.1) is 0 Å². The summed E-state index contributed by atoms with van der Waals surface area (Å²) in [4.78, 5) is 0. The van der Waals surface area contributed by atoms with Gasteiger partial charge in [-0.1, -0.05) is 0 Å². The molecule has 0 N–H and O–H groups in total. The zero-order valence-electron chi connectivity index (χ0n) is 28.6. The van der Waals surface area contributed by atoms with Crippen LogP contribution in [0.4, 0.5) is 114 Å². The molecule has 29 heteroatoms. The van der Waals surface area contributed by atoms with E-state index in [1.807, 2.05) is 0 Å². The molecule has 0 amide bonds. The van der Waals surface area contributed by atoms with E-state index in [9.17, 15) is 114 Å². The molecule has 0 saturated heterocycles. The minimum Gasteiger partial charge on any atom is -0.493 e. The van der Waals surface area contributed by atoms with E-state index in [2.05, 4.69) is 0 Å². The Hall–Kier alpha value is -3.04. The average molecular weight is 916 g/mol. The van der Waals surface area contributed by atoms with Gasteiger partial charge in [0, 0.05) is 25.5 Å². The topological polar surface area (TPSA) is 27.7 Å². The number of methoxy groups -OCH3 is 1. The Labute approximate surface area is 307 Å². The van der Waals surface area contributed by atoms with E-state index < -0.39 is 123 Å². The first-order valence-corrected chi connectivity index (χ1v) is 15.3. The molecule has 0 spiro atoms. The Kier molecular flexibility index (Phi) is 15.3. The number of halogens is 26. The molecule has 0 fully saturated rings. The molecule has 3 nitrogen and oxygen atoms in total. The third-order valence-electron chi connectivity index (χ3n) is 7.97. The van der Waals surface area contributed by atoms with Crippen molar-refractivity contribution in [2.24, 2.45) is 0 Å². The molecule has 1 aromatic carbocycles. The van der Waals surface area contributed by atoms with E-state index in [0.717, 1.165) is 26.2 Å². The highest BCUT2D eigenvalue weighted by molar-refractivity contribution is 5.47. The Balaban J connectivity index is 3.02. The molecule has 1 aromatic rings. The molecule has 0 atom stereocenters. The summed E-state index contributed by atoms with van der Waals surface area (Å²) in [6.07, 6.45) is -24.7. The van der Waals surface area contributed by atoms with Crippen molar-refractivity contribution < 1.29 is 128 Å². The fraction of sp³-hybridized carbons (Fsp3) is 0.793. The van der Waals surface area contributed by atoms with Crippen LogP contribution in [0.15, 0.2) is 12.1 Å². The Morgan fingerprint density at radius 1 is 0.397 bits per heavy atom. The van der Waals surface area contributed by atoms with Gasteiger partial charge in [0.1, 0.15) is 11.5 Å². The van der Waals surface area contributed by atoms with E-state index in [-0.39, 0.29) is 29.2 Å². The van der Waals surface area contributed by atoms with Crippen LogP contribution in [0.3, 0.4) is 0 Å². The van der Waals surface area contributed by atoms with Crippen LogP contribution < -0.4 is 9.47 Å². The monoisotopic (exact) mass is 916 g/mol. The molecule has 58 heavy (non-hydrogen) atoms. The highest BCUT2D eigenvalue weighted by atomic mass is 19.4. The number of ether oxygens (including phenoxy) is 3. The number of hydrogen-bond acceptors (Lipinski definition) is 3. The highest BCUT2D eigenvalue weighted by Crippen LogP contribution is 2.62. The summed E-state index contributed by atoms with van der Waals surface area (Å²) in [6, 6.07) is 2.19. The maximum absolute atomic E-state index is 14.0. The summed E-state index contributed by atoms with van der Waals surface area (Å²) >= 11 is 0. The summed E-state index contributed by atoms with van der Waals surface area (Å²) in [7, 11) is 1.10. The second kappa shape index (κ2) is 16.8. The molecule has 0 bridgehead atoms. The Morgan fingerprint density at radius 3 is 0.931 bits per heavy atom. The molecule has 0 aliphatic rings. The van der Waals surface area contributed by atoms with Crippen LogP contribution in [-0.4, -0.2) is 91.9 Å². The van der Waals surface area contributed by atoms with E-state index >= 15 is 0 Å². The zero-order valence-corrected chi connectivity index (χ0v) is 28.6. The fourth-order valence-electron chi connectivity index (χ4n) is 4.45. The van der Waals surface area contributed by atoms with Crippen LogP contribution in [0.2, 0.25) is 0 Å². The third kappa shape index (κ3) is 9.31. The molecular formula is C29H26F26O3. The second-order valence-electron chi connectivity index (χ2n) is 12.3. The van der Waals surface area contributed by atoms with Crippen LogP contribution in [0, 0.1) is 6.92 Å². The average Bonchev–Trinajstić information content (AvgIpc) is 3.04. The second-order valence-corrected chi connectivity index (χ2v) is 12.3. The van der Waals surface area contributed by atoms with Gasteiger partial charge in [0.15, 0.2) is 0 Å². The van der Waals surface area contributed by atoms with E-state index in [0.29, 0.717) is 0 Å². The minimum atomic E-state index is -8.08. The lowest BCUT2D eigenvalue weighted by molar-refractivity contribution is -0.440. The summed E-state index contributed by atoms with van der Waals surface area (Å²) in [6.45, 7) is -0.950. The summed E-state index contributed by atoms with van der Waals surface area (Å²) in [5.41, 5.74) is -0.0819. The van der Waals surface area contributed by atoms with Crippen molar-refractivity contribution in [1.82, 2.24) is 0 Å². The standard InChI is InChI=1S/C29H26F26O3/c1-14-16(57-9-5-3-7-18(30,31)20(34,35)22(38,39)24(42,43)26(46,47)28(50,51)52)11-15(13-56-2)12-17(14)58-10-6-4-8-19(32,33)21(36,37)23(40,41)25(44,45)27(48,49)29(53,54)55/h11-12H,3-10,13H2,1-2H3. The quantitative estimate of drug-likeness (QED) is 0.0857. The SMILES string of the molecule is COCc1cc(OCCCCC(F)(F)C(F)(F)C(F)(F)C(F)(F)C(F)(F)C(F)(F)F)c(C)c(OCCCCC(F)(F)C(F)(F)C(F)(F)C(F)(F)C(F)(F)C(F)(F)F)c1. The van der Waals surface area contributed by atoms with E-state index in [4.69, 9.17) is 14.2 Å². The van der Waals surface area contributed by atoms with Crippen molar-refractivity contribution in [2.45, 2.75) is 124 Å². The Bertz CT molecular complexity index is 1410. The van der Waals surface area contributed by atoms with Crippen molar-refractivity contribution in [3.05, 3.63) is 23.3 Å². The predicted molar refractivity (Wildman–Crippen MR) is 142 cm³/mol. The van der Waals surface area contributed by atoms with Gasteiger partial charge in [0.05, 0.1) is 19.8 Å². The first-order chi connectivity index (χ1) is 25.5. The smallest absolute Gasteiger partial charge is 0.460 e. The number of hydrogen-bond donors (Lipinski definition) is 0. The number of rotatable bonds is 22. The summed E-state index contributed by atoms with van der Waals surface area (Å²) in [5.74, 6) is -76.3. The molecule has 0 unspecified atom stereocenters. The van der Waals surface area contributed by atoms with Crippen LogP contribution >= 0.6 is 0 Å². The molecule has 0 aliphatic carbocycles. The van der Waals surface area contributed by atoms with Crippen molar-refractivity contribution in [3.63, 3.8) is 0 Å². The molecular weight excluding hydrogens is 890 g/mol. The third-order valence-corrected chi connectivity index (χ3v) is 7.97. The van der Waals surface area contributed by atoms with E-state index in [1.54, 1.807) is 0 Å². The van der Waals surface area contributed by atoms with Gasteiger partial charge in [-0.3, -0.25) is 0 Å². The molecule has 0 heterocycles. The van der Waals surface area contributed by atoms with Crippen molar-refractivity contribution >= 4 is 0 Å². The molecule has 0 radical (unpaired) electrons. The minimum absolute atomic E-state index is 0.0630. The lowest BCUT2D eigenvalue weighted by atomic mass is 9.92. The van der Waals surface area contributed by atoms with Crippen LogP contribution in [0.1, 0.15) is 49.7 Å². The van der Waals surface area contributed by atoms with Gasteiger partial charge in [0.25, 0.3) is 0 Å². The number of unbranched alkanes of at least 4 members (excludes halogenated alkanes) is 2. The van der Waals surface area contributed by atoms with Crippen LogP contribution in [0.5, 0.6) is 11.5 Å². The van der Waals surface area contributed by atoms with Gasteiger partial charge >= 0.3 is 71.6 Å². The van der Waals surface area contributed by atoms with Crippen LogP contribution in [-0.2, 0) is 11.3 Å². The van der Waals surface area contributed by atoms with Crippen molar-refractivity contribution in [2.75, 3.05) is 20.3 Å². The molecule has 0 saturated carbocycles. The Morgan fingerprint density at radius 2 is 0.672 bits per heavy atom. The van der Waals surface area contributed by atoms with Crippen LogP contribution in [0.25, 0.3) is 0 Å². The maximum atomic E-state index is 14.0. The molecule has 342 valence electrons. The summed E-state index contributed by atoms with van der Waals surface area (Å²) < 4.78 is 360. The zero-order chi connectivity index (χ0) is 46.2. The molecule has 0 aliphatic heterocycles. The predicted octanol–water partition coefficient (Wildman–Crippen LogP) is 12.7. The maximum Gasteiger partial charge on any atom is 0.460 e. The van der Waals surface area contributed by atoms with Gasteiger partial charge in [-0.2, -0.15) is 114 Å². The lowest BCUT2D eigenvalue weighted by Gasteiger charge is -2.39. The van der Waals surface area contributed by atoms with Gasteiger partial charge in [0.2, 0.25) is 0 Å². The van der Waals surface area contributed by atoms with Crippen molar-refractivity contribution in [3.8, 4) is 11.5 Å². The normalized spacial score (nSPS) is 15.2.